The van der Waals surface area contributed by atoms with Crippen molar-refractivity contribution in [3.05, 3.63) is 68.2 Å². The summed E-state index contributed by atoms with van der Waals surface area (Å²) in [6, 6.07) is 10.9. The maximum absolute atomic E-state index is 12.8. The Hall–Kier alpha value is -1.84. The van der Waals surface area contributed by atoms with Crippen LogP contribution in [-0.4, -0.2) is 9.55 Å². The quantitative estimate of drug-likeness (QED) is 0.627. The summed E-state index contributed by atoms with van der Waals surface area (Å²) >= 11 is 12.5. The minimum atomic E-state index is -0.218. The molecule has 1 heterocycles. The second-order valence-electron chi connectivity index (χ2n) is 4.95. The van der Waals surface area contributed by atoms with E-state index >= 15 is 0 Å². The third-order valence-corrected chi connectivity index (χ3v) is 3.95. The zero-order chi connectivity index (χ0) is 15.1. The summed E-state index contributed by atoms with van der Waals surface area (Å²) in [6.07, 6.45) is 0. The Kier molecular flexibility index (Phi) is 3.47. The van der Waals surface area contributed by atoms with Crippen molar-refractivity contribution in [3.8, 4) is 5.69 Å². The first-order chi connectivity index (χ1) is 9.99. The fourth-order valence-electron chi connectivity index (χ4n) is 2.37. The molecule has 0 saturated carbocycles. The number of halogens is 2. The van der Waals surface area contributed by atoms with Crippen LogP contribution in [0.5, 0.6) is 0 Å². The lowest BCUT2D eigenvalue weighted by Crippen LogP contribution is -2.21. The second kappa shape index (κ2) is 5.17. The molecule has 0 bridgehead atoms. The van der Waals surface area contributed by atoms with E-state index in [9.17, 15) is 4.79 Å². The molecule has 106 valence electrons. The van der Waals surface area contributed by atoms with Crippen molar-refractivity contribution in [2.24, 2.45) is 0 Å². The molecule has 0 amide bonds. The van der Waals surface area contributed by atoms with E-state index in [0.717, 1.165) is 11.1 Å². The van der Waals surface area contributed by atoms with Crippen molar-refractivity contribution in [3.63, 3.8) is 0 Å². The summed E-state index contributed by atoms with van der Waals surface area (Å²) in [7, 11) is 0. The van der Waals surface area contributed by atoms with Gasteiger partial charge in [0.15, 0.2) is 0 Å². The van der Waals surface area contributed by atoms with Crippen LogP contribution < -0.4 is 5.56 Å². The van der Waals surface area contributed by atoms with Crippen LogP contribution >= 0.6 is 23.2 Å². The van der Waals surface area contributed by atoms with Crippen LogP contribution in [0.3, 0.4) is 0 Å². The van der Waals surface area contributed by atoms with Crippen LogP contribution in [0.15, 0.2) is 41.2 Å². The Morgan fingerprint density at radius 3 is 2.57 bits per heavy atom. The number of hydrogen-bond acceptors (Lipinski definition) is 2. The maximum Gasteiger partial charge on any atom is 0.266 e. The molecule has 3 aromatic rings. The lowest BCUT2D eigenvalue weighted by atomic mass is 10.1. The van der Waals surface area contributed by atoms with Gasteiger partial charge in [-0.25, -0.2) is 9.55 Å². The molecular weight excluding hydrogens is 307 g/mol. The van der Waals surface area contributed by atoms with Crippen molar-refractivity contribution in [2.75, 3.05) is 0 Å². The van der Waals surface area contributed by atoms with Gasteiger partial charge in [0.2, 0.25) is 5.28 Å². The van der Waals surface area contributed by atoms with Gasteiger partial charge in [0, 0.05) is 0 Å². The zero-order valence-corrected chi connectivity index (χ0v) is 13.0. The highest BCUT2D eigenvalue weighted by atomic mass is 35.5. The molecule has 0 N–H and O–H groups in total. The highest BCUT2D eigenvalue weighted by molar-refractivity contribution is 6.33. The Labute approximate surface area is 131 Å². The Balaban J connectivity index is 2.46. The first-order valence-corrected chi connectivity index (χ1v) is 7.19. The molecule has 0 unspecified atom stereocenters. The molecule has 0 saturated heterocycles. The fraction of sp³-hybridized carbons (Fsp3) is 0.125. The van der Waals surface area contributed by atoms with Gasteiger partial charge >= 0.3 is 0 Å². The van der Waals surface area contributed by atoms with Gasteiger partial charge in [-0.2, -0.15) is 0 Å². The predicted octanol–water partition coefficient (Wildman–Crippen LogP) is 4.31. The van der Waals surface area contributed by atoms with Crippen LogP contribution in [0.4, 0.5) is 0 Å². The minimum Gasteiger partial charge on any atom is -0.268 e. The predicted molar refractivity (Wildman–Crippen MR) is 86.8 cm³/mol. The maximum atomic E-state index is 12.8. The molecule has 0 radical (unpaired) electrons. The molecule has 21 heavy (non-hydrogen) atoms. The average Bonchev–Trinajstić information content (AvgIpc) is 2.43. The SMILES string of the molecule is Cc1ccc2nc(Cl)n(-c3c(C)cccc3Cl)c(=O)c2c1. The number of aromatic nitrogens is 2. The van der Waals surface area contributed by atoms with Crippen molar-refractivity contribution in [1.82, 2.24) is 9.55 Å². The van der Waals surface area contributed by atoms with Gasteiger partial charge < -0.3 is 0 Å². The minimum absolute atomic E-state index is 0.104. The summed E-state index contributed by atoms with van der Waals surface area (Å²) in [6.45, 7) is 3.81. The largest absolute Gasteiger partial charge is 0.268 e. The second-order valence-corrected chi connectivity index (χ2v) is 5.69. The monoisotopic (exact) mass is 318 g/mol. The summed E-state index contributed by atoms with van der Waals surface area (Å²) < 4.78 is 1.36. The van der Waals surface area contributed by atoms with Gasteiger partial charge in [-0.3, -0.25) is 4.79 Å². The highest BCUT2D eigenvalue weighted by Gasteiger charge is 2.15. The molecule has 0 aliphatic heterocycles. The van der Waals surface area contributed by atoms with Gasteiger partial charge in [0.05, 0.1) is 21.6 Å². The molecule has 0 spiro atoms. The summed E-state index contributed by atoms with van der Waals surface area (Å²) in [4.78, 5) is 17.1. The van der Waals surface area contributed by atoms with Crippen LogP contribution in [0.1, 0.15) is 11.1 Å². The van der Waals surface area contributed by atoms with Crippen molar-refractivity contribution < 1.29 is 0 Å². The van der Waals surface area contributed by atoms with Crippen LogP contribution in [0.25, 0.3) is 16.6 Å². The molecule has 0 aliphatic rings. The van der Waals surface area contributed by atoms with E-state index in [0.29, 0.717) is 21.6 Å². The number of hydrogen-bond donors (Lipinski definition) is 0. The first-order valence-electron chi connectivity index (χ1n) is 6.43. The molecule has 3 rings (SSSR count). The van der Waals surface area contributed by atoms with Crippen molar-refractivity contribution in [1.29, 1.82) is 0 Å². The number of aryl methyl sites for hydroxylation is 2. The smallest absolute Gasteiger partial charge is 0.266 e. The van der Waals surface area contributed by atoms with E-state index in [4.69, 9.17) is 23.2 Å². The molecule has 1 aromatic heterocycles. The molecule has 0 aliphatic carbocycles. The highest BCUT2D eigenvalue weighted by Crippen LogP contribution is 2.26. The number of fused-ring (bicyclic) bond motifs is 1. The molecule has 0 fully saturated rings. The Morgan fingerprint density at radius 1 is 1.10 bits per heavy atom. The van der Waals surface area contributed by atoms with E-state index in [1.807, 2.05) is 38.1 Å². The van der Waals surface area contributed by atoms with Crippen molar-refractivity contribution in [2.45, 2.75) is 13.8 Å². The van der Waals surface area contributed by atoms with Gasteiger partial charge in [0.1, 0.15) is 0 Å². The normalized spacial score (nSPS) is 11.0. The summed E-state index contributed by atoms with van der Waals surface area (Å²) in [5.41, 5.74) is 2.79. The summed E-state index contributed by atoms with van der Waals surface area (Å²) in [5.74, 6) is 0. The lowest BCUT2D eigenvalue weighted by Gasteiger charge is -2.13. The van der Waals surface area contributed by atoms with E-state index in [1.165, 1.54) is 4.57 Å². The van der Waals surface area contributed by atoms with Gasteiger partial charge in [-0.1, -0.05) is 35.4 Å². The van der Waals surface area contributed by atoms with Gasteiger partial charge in [-0.15, -0.1) is 0 Å². The van der Waals surface area contributed by atoms with Crippen LogP contribution in [0, 0.1) is 13.8 Å². The van der Waals surface area contributed by atoms with E-state index < -0.39 is 0 Å². The number of benzene rings is 2. The molecule has 2 aromatic carbocycles. The molecule has 0 atom stereocenters. The van der Waals surface area contributed by atoms with Crippen molar-refractivity contribution >= 4 is 34.1 Å². The van der Waals surface area contributed by atoms with E-state index in [2.05, 4.69) is 4.98 Å². The Bertz CT molecular complexity index is 896. The van der Waals surface area contributed by atoms with Gasteiger partial charge in [0.25, 0.3) is 5.56 Å². The molecular formula is C16H12Cl2N2O. The fourth-order valence-corrected chi connectivity index (χ4v) is 2.93. The van der Waals surface area contributed by atoms with E-state index in [1.54, 1.807) is 12.1 Å². The number of para-hydroxylation sites is 1. The van der Waals surface area contributed by atoms with E-state index in [-0.39, 0.29) is 10.8 Å². The lowest BCUT2D eigenvalue weighted by molar-refractivity contribution is 0.953. The molecule has 3 nitrogen and oxygen atoms in total. The number of rotatable bonds is 1. The third-order valence-electron chi connectivity index (χ3n) is 3.39. The van der Waals surface area contributed by atoms with Crippen LogP contribution in [-0.2, 0) is 0 Å². The van der Waals surface area contributed by atoms with Crippen LogP contribution in [0.2, 0.25) is 10.3 Å². The standard InChI is InChI=1S/C16H12Cl2N2O/c1-9-6-7-13-11(8-9)15(21)20(16(18)19-13)14-10(2)4-3-5-12(14)17/h3-8H,1-2H3. The average molecular weight is 319 g/mol. The third kappa shape index (κ3) is 2.33. The topological polar surface area (TPSA) is 34.9 Å². The van der Waals surface area contributed by atoms with Gasteiger partial charge in [-0.05, 0) is 49.2 Å². The Morgan fingerprint density at radius 2 is 1.86 bits per heavy atom. The first kappa shape index (κ1) is 14.1. The summed E-state index contributed by atoms with van der Waals surface area (Å²) in [5, 5.41) is 1.10. The number of nitrogens with zero attached hydrogens (tertiary/aromatic N) is 2. The molecule has 5 heteroatoms. The zero-order valence-electron chi connectivity index (χ0n) is 11.5.